The molecule has 0 amide bonds. The molecule has 0 aliphatic carbocycles. The maximum Gasteiger partial charge on any atom is 0.293 e. The van der Waals surface area contributed by atoms with E-state index in [1.165, 1.54) is 12.1 Å². The van der Waals surface area contributed by atoms with Crippen molar-refractivity contribution in [1.29, 1.82) is 0 Å². The fourth-order valence-electron chi connectivity index (χ4n) is 2.27. The summed E-state index contributed by atoms with van der Waals surface area (Å²) in [6.45, 7) is 2.34. The van der Waals surface area contributed by atoms with Gasteiger partial charge in [-0.3, -0.25) is 10.1 Å². The van der Waals surface area contributed by atoms with Gasteiger partial charge in [-0.05, 0) is 29.5 Å². The van der Waals surface area contributed by atoms with Crippen LogP contribution in [0, 0.1) is 19.5 Å². The molecule has 2 unspecified atom stereocenters. The van der Waals surface area contributed by atoms with Gasteiger partial charge in [-0.2, -0.15) is 0 Å². The quantitative estimate of drug-likeness (QED) is 0.480. The second-order valence-corrected chi connectivity index (χ2v) is 5.83. The van der Waals surface area contributed by atoms with E-state index in [-0.39, 0.29) is 27.7 Å². The molecule has 8 heteroatoms. The summed E-state index contributed by atoms with van der Waals surface area (Å²) in [4.78, 5) is 12.3. The number of nitro benzene ring substituents is 1. The monoisotopic (exact) mass is 396 g/mol. The first-order valence-electron chi connectivity index (χ1n) is 6.07. The van der Waals surface area contributed by atoms with Gasteiger partial charge >= 0.3 is 0 Å². The minimum Gasteiger partial charge on any atom is -0.394 e. The van der Waals surface area contributed by atoms with Crippen LogP contribution in [-0.4, -0.2) is 41.9 Å². The summed E-state index contributed by atoms with van der Waals surface area (Å²) in [6.07, 6.45) is -0.622. The normalized spacial score (nSPS) is 22.9. The molecule has 0 spiro atoms. The summed E-state index contributed by atoms with van der Waals surface area (Å²) in [6, 6.07) is 2.39. The molecule has 110 valence electrons. The van der Waals surface area contributed by atoms with Crippen LogP contribution in [0.2, 0.25) is 0 Å². The number of rotatable bonds is 3. The van der Waals surface area contributed by atoms with E-state index in [4.69, 9.17) is 4.74 Å². The van der Waals surface area contributed by atoms with Crippen LogP contribution in [0.15, 0.2) is 12.1 Å². The Balaban J connectivity index is 2.40. The molecule has 1 N–H and O–H groups in total. The van der Waals surface area contributed by atoms with Gasteiger partial charge in [0.25, 0.3) is 5.69 Å². The average molecular weight is 396 g/mol. The highest BCUT2D eigenvalue weighted by atomic mass is 127. The van der Waals surface area contributed by atoms with Gasteiger partial charge in [0.1, 0.15) is 11.5 Å². The summed E-state index contributed by atoms with van der Waals surface area (Å²) in [7, 11) is 0. The molecule has 6 nitrogen and oxygen atoms in total. The van der Waals surface area contributed by atoms with E-state index in [2.05, 4.69) is 0 Å². The van der Waals surface area contributed by atoms with Gasteiger partial charge in [-0.25, -0.2) is 4.39 Å². The third-order valence-electron chi connectivity index (χ3n) is 3.08. The SMILES string of the molecule is CC1CN(c2cc(F)c(I)cc2[N+](=O)[O-])CC(CO)O1. The van der Waals surface area contributed by atoms with Gasteiger partial charge in [0.15, 0.2) is 0 Å². The van der Waals surface area contributed by atoms with Crippen LogP contribution in [0.5, 0.6) is 0 Å². The first-order valence-corrected chi connectivity index (χ1v) is 7.15. The maximum atomic E-state index is 13.7. The van der Waals surface area contributed by atoms with Gasteiger partial charge in [0.2, 0.25) is 0 Å². The van der Waals surface area contributed by atoms with E-state index >= 15 is 0 Å². The average Bonchev–Trinajstić information content (AvgIpc) is 2.40. The molecule has 1 aliphatic heterocycles. The topological polar surface area (TPSA) is 75.8 Å². The number of hydrogen-bond acceptors (Lipinski definition) is 5. The lowest BCUT2D eigenvalue weighted by Crippen LogP contribution is -2.48. The number of halogens is 2. The predicted octanol–water partition coefficient (Wildman–Crippen LogP) is 1.92. The van der Waals surface area contributed by atoms with Crippen LogP contribution in [0.3, 0.4) is 0 Å². The molecular weight excluding hydrogens is 382 g/mol. The molecular formula is C12H14FIN2O4. The number of benzene rings is 1. The third-order valence-corrected chi connectivity index (χ3v) is 3.91. The van der Waals surface area contributed by atoms with E-state index in [1.807, 2.05) is 6.92 Å². The molecule has 1 heterocycles. The van der Waals surface area contributed by atoms with Gasteiger partial charge in [0.05, 0.1) is 27.3 Å². The number of nitrogens with zero attached hydrogens (tertiary/aromatic N) is 2. The van der Waals surface area contributed by atoms with Crippen molar-refractivity contribution in [2.24, 2.45) is 0 Å². The van der Waals surface area contributed by atoms with Crippen LogP contribution in [0.4, 0.5) is 15.8 Å². The summed E-state index contributed by atoms with van der Waals surface area (Å²) < 4.78 is 19.4. The van der Waals surface area contributed by atoms with E-state index in [1.54, 1.807) is 27.5 Å². The minimum absolute atomic E-state index is 0.137. The number of morpholine rings is 1. The van der Waals surface area contributed by atoms with Crippen LogP contribution in [0.1, 0.15) is 6.92 Å². The molecule has 1 aromatic rings. The molecule has 1 aromatic carbocycles. The smallest absolute Gasteiger partial charge is 0.293 e. The Labute approximate surface area is 128 Å². The fourth-order valence-corrected chi connectivity index (χ4v) is 2.72. The number of hydrogen-bond donors (Lipinski definition) is 1. The van der Waals surface area contributed by atoms with E-state index in [9.17, 15) is 19.6 Å². The highest BCUT2D eigenvalue weighted by Crippen LogP contribution is 2.33. The third kappa shape index (κ3) is 3.18. The molecule has 1 fully saturated rings. The highest BCUT2D eigenvalue weighted by Gasteiger charge is 2.30. The molecule has 0 saturated carbocycles. The number of ether oxygens (including phenoxy) is 1. The van der Waals surface area contributed by atoms with E-state index < -0.39 is 16.8 Å². The van der Waals surface area contributed by atoms with Gasteiger partial charge in [0, 0.05) is 25.2 Å². The first-order chi connectivity index (χ1) is 9.42. The van der Waals surface area contributed by atoms with E-state index in [0.717, 1.165) is 0 Å². The lowest BCUT2D eigenvalue weighted by molar-refractivity contribution is -0.384. The lowest BCUT2D eigenvalue weighted by atomic mass is 10.1. The Morgan fingerprint density at radius 3 is 2.90 bits per heavy atom. The Bertz CT molecular complexity index is 528. The second kappa shape index (κ2) is 6.19. The maximum absolute atomic E-state index is 13.7. The van der Waals surface area contributed by atoms with Crippen molar-refractivity contribution in [2.45, 2.75) is 19.1 Å². The zero-order valence-electron chi connectivity index (χ0n) is 10.8. The molecule has 2 rings (SSSR count). The van der Waals surface area contributed by atoms with Crippen molar-refractivity contribution < 1.29 is 19.2 Å². The van der Waals surface area contributed by atoms with Crippen LogP contribution in [-0.2, 0) is 4.74 Å². The standard InChI is InChI=1S/C12H14FIN2O4/c1-7-4-15(5-8(6-17)20-7)11-2-9(13)10(14)3-12(11)16(18)19/h2-3,7-8,17H,4-6H2,1H3. The zero-order chi connectivity index (χ0) is 14.9. The van der Waals surface area contributed by atoms with Crippen molar-refractivity contribution >= 4 is 34.0 Å². The molecule has 2 atom stereocenters. The largest absolute Gasteiger partial charge is 0.394 e. The fraction of sp³-hybridized carbons (Fsp3) is 0.500. The molecule has 0 aromatic heterocycles. The highest BCUT2D eigenvalue weighted by molar-refractivity contribution is 14.1. The number of aliphatic hydroxyl groups excluding tert-OH is 1. The zero-order valence-corrected chi connectivity index (χ0v) is 12.9. The summed E-state index contributed by atoms with van der Waals surface area (Å²) >= 11 is 1.72. The number of nitro groups is 1. The van der Waals surface area contributed by atoms with Gasteiger partial charge < -0.3 is 14.7 Å². The van der Waals surface area contributed by atoms with Crippen molar-refractivity contribution in [3.05, 3.63) is 31.6 Å². The van der Waals surface area contributed by atoms with Crippen LogP contribution >= 0.6 is 22.6 Å². The predicted molar refractivity (Wildman–Crippen MR) is 79.4 cm³/mol. The summed E-state index contributed by atoms with van der Waals surface area (Å²) in [5.41, 5.74) is 0.0862. The number of aliphatic hydroxyl groups is 1. The lowest BCUT2D eigenvalue weighted by Gasteiger charge is -2.37. The first kappa shape index (κ1) is 15.4. The second-order valence-electron chi connectivity index (χ2n) is 4.67. The molecule has 1 saturated heterocycles. The van der Waals surface area contributed by atoms with Crippen LogP contribution in [0.25, 0.3) is 0 Å². The summed E-state index contributed by atoms with van der Waals surface area (Å²) in [5, 5.41) is 20.3. The van der Waals surface area contributed by atoms with Crippen molar-refractivity contribution in [3.63, 3.8) is 0 Å². The van der Waals surface area contributed by atoms with Crippen molar-refractivity contribution in [3.8, 4) is 0 Å². The Morgan fingerprint density at radius 1 is 1.60 bits per heavy atom. The van der Waals surface area contributed by atoms with Crippen molar-refractivity contribution in [1.82, 2.24) is 0 Å². The Hall–Kier alpha value is -1.00. The van der Waals surface area contributed by atoms with E-state index in [0.29, 0.717) is 13.1 Å². The summed E-state index contributed by atoms with van der Waals surface area (Å²) in [5.74, 6) is -0.495. The molecule has 1 aliphatic rings. The van der Waals surface area contributed by atoms with Gasteiger partial charge in [-0.15, -0.1) is 0 Å². The van der Waals surface area contributed by atoms with Crippen molar-refractivity contribution in [2.75, 3.05) is 24.6 Å². The molecule has 0 bridgehead atoms. The Kier molecular flexibility index (Phi) is 4.76. The van der Waals surface area contributed by atoms with Crippen LogP contribution < -0.4 is 4.90 Å². The Morgan fingerprint density at radius 2 is 2.30 bits per heavy atom. The molecule has 20 heavy (non-hydrogen) atoms. The minimum atomic E-state index is -0.523. The molecule has 0 radical (unpaired) electrons. The number of anilines is 1. The van der Waals surface area contributed by atoms with Gasteiger partial charge in [-0.1, -0.05) is 0 Å².